The van der Waals surface area contributed by atoms with Crippen LogP contribution in [0.15, 0.2) is 30.3 Å². The van der Waals surface area contributed by atoms with Gasteiger partial charge in [0.1, 0.15) is 5.54 Å². The zero-order chi connectivity index (χ0) is 15.3. The van der Waals surface area contributed by atoms with E-state index in [1.807, 2.05) is 0 Å². The van der Waals surface area contributed by atoms with Crippen LogP contribution in [0.4, 0.5) is 0 Å². The molecule has 0 spiro atoms. The molecule has 4 heteroatoms. The summed E-state index contributed by atoms with van der Waals surface area (Å²) >= 11 is 0. The Balaban J connectivity index is 1.72. The normalized spacial score (nSPS) is 20.1. The first-order valence-electron chi connectivity index (χ1n) is 7.76. The van der Waals surface area contributed by atoms with E-state index < -0.39 is 11.5 Å². The number of nitrogens with two attached hydrogens (primary N) is 1. The molecule has 1 saturated heterocycles. The van der Waals surface area contributed by atoms with E-state index in [-0.39, 0.29) is 0 Å². The van der Waals surface area contributed by atoms with Gasteiger partial charge in [-0.2, -0.15) is 0 Å². The molecule has 1 aromatic carbocycles. The lowest BCUT2D eigenvalue weighted by atomic mass is 9.89. The molecule has 0 bridgehead atoms. The maximum atomic E-state index is 11.0. The van der Waals surface area contributed by atoms with Crippen molar-refractivity contribution in [3.8, 4) is 0 Å². The van der Waals surface area contributed by atoms with Gasteiger partial charge in [0, 0.05) is 6.54 Å². The molecule has 1 fully saturated rings. The minimum Gasteiger partial charge on any atom is -0.480 e. The number of carboxylic acid groups (broad SMARTS) is 1. The number of aliphatic carboxylic acids is 1. The average molecular weight is 290 g/mol. The third-order valence-electron chi connectivity index (χ3n) is 4.51. The Hall–Kier alpha value is -1.39. The fraction of sp³-hybridized carbons (Fsp3) is 0.588. The summed E-state index contributed by atoms with van der Waals surface area (Å²) in [7, 11) is 0. The van der Waals surface area contributed by atoms with Gasteiger partial charge >= 0.3 is 5.97 Å². The predicted octanol–water partition coefficient (Wildman–Crippen LogP) is 2.13. The highest BCUT2D eigenvalue weighted by molar-refractivity contribution is 5.77. The number of carbonyl (C=O) groups is 1. The molecule has 2 rings (SSSR count). The Labute approximate surface area is 126 Å². The van der Waals surface area contributed by atoms with Crippen molar-refractivity contribution < 1.29 is 9.90 Å². The molecule has 1 heterocycles. The number of benzene rings is 1. The van der Waals surface area contributed by atoms with Gasteiger partial charge in [-0.15, -0.1) is 0 Å². The van der Waals surface area contributed by atoms with Crippen LogP contribution >= 0.6 is 0 Å². The minimum atomic E-state index is -1.11. The molecule has 1 aromatic rings. The van der Waals surface area contributed by atoms with Crippen LogP contribution in [0.3, 0.4) is 0 Å². The Morgan fingerprint density at radius 1 is 1.33 bits per heavy atom. The minimum absolute atomic E-state index is 0.506. The molecule has 1 unspecified atom stereocenters. The van der Waals surface area contributed by atoms with Gasteiger partial charge in [0.05, 0.1) is 0 Å². The molecule has 4 nitrogen and oxygen atoms in total. The average Bonchev–Trinajstić information content (AvgIpc) is 2.47. The second-order valence-corrected chi connectivity index (χ2v) is 6.45. The second-order valence-electron chi connectivity index (χ2n) is 6.45. The van der Waals surface area contributed by atoms with Gasteiger partial charge in [0.25, 0.3) is 0 Å². The lowest BCUT2D eigenvalue weighted by molar-refractivity contribution is -0.143. The molecular formula is C17H26N2O2. The van der Waals surface area contributed by atoms with Crippen LogP contribution in [0.5, 0.6) is 0 Å². The topological polar surface area (TPSA) is 66.6 Å². The molecule has 1 aliphatic rings. The van der Waals surface area contributed by atoms with E-state index in [4.69, 9.17) is 10.8 Å². The lowest BCUT2D eigenvalue weighted by Gasteiger charge is -2.33. The van der Waals surface area contributed by atoms with Crippen molar-refractivity contribution in [1.82, 2.24) is 4.90 Å². The van der Waals surface area contributed by atoms with E-state index in [1.165, 1.54) is 18.4 Å². The lowest BCUT2D eigenvalue weighted by Crippen LogP contribution is -2.48. The Morgan fingerprint density at radius 3 is 2.52 bits per heavy atom. The number of hydrogen-bond donors (Lipinski definition) is 2. The highest BCUT2D eigenvalue weighted by atomic mass is 16.4. The smallest absolute Gasteiger partial charge is 0.323 e. The molecule has 0 aromatic heterocycles. The van der Waals surface area contributed by atoms with Crippen LogP contribution in [0.1, 0.15) is 31.7 Å². The molecular weight excluding hydrogens is 264 g/mol. The van der Waals surface area contributed by atoms with Crippen molar-refractivity contribution in [3.05, 3.63) is 35.9 Å². The van der Waals surface area contributed by atoms with E-state index in [9.17, 15) is 4.79 Å². The van der Waals surface area contributed by atoms with Crippen LogP contribution < -0.4 is 5.73 Å². The summed E-state index contributed by atoms with van der Waals surface area (Å²) in [6, 6.07) is 10.6. The van der Waals surface area contributed by atoms with Crippen molar-refractivity contribution >= 4 is 5.97 Å². The van der Waals surface area contributed by atoms with Crippen molar-refractivity contribution in [2.45, 2.75) is 38.1 Å². The molecule has 3 N–H and O–H groups in total. The maximum Gasteiger partial charge on any atom is 0.323 e. The SMILES string of the molecule is CC(N)(CCN1CCC(Cc2ccccc2)CC1)C(=O)O. The van der Waals surface area contributed by atoms with Crippen LogP contribution in [0.25, 0.3) is 0 Å². The van der Waals surface area contributed by atoms with E-state index in [2.05, 4.69) is 35.2 Å². The number of rotatable bonds is 6. The third kappa shape index (κ3) is 4.83. The third-order valence-corrected chi connectivity index (χ3v) is 4.51. The highest BCUT2D eigenvalue weighted by Crippen LogP contribution is 2.22. The zero-order valence-corrected chi connectivity index (χ0v) is 12.8. The van der Waals surface area contributed by atoms with Crippen molar-refractivity contribution in [2.75, 3.05) is 19.6 Å². The largest absolute Gasteiger partial charge is 0.480 e. The summed E-state index contributed by atoms with van der Waals surface area (Å²) in [5, 5.41) is 9.03. The van der Waals surface area contributed by atoms with E-state index >= 15 is 0 Å². The van der Waals surface area contributed by atoms with Crippen molar-refractivity contribution in [2.24, 2.45) is 11.7 Å². The standard InChI is InChI=1S/C17H26N2O2/c1-17(18,16(20)21)9-12-19-10-7-15(8-11-19)13-14-5-3-2-4-6-14/h2-6,15H,7-13,18H2,1H3,(H,20,21). The number of hydrogen-bond acceptors (Lipinski definition) is 3. The number of nitrogens with zero attached hydrogens (tertiary/aromatic N) is 1. The predicted molar refractivity (Wildman–Crippen MR) is 84.2 cm³/mol. The second kappa shape index (κ2) is 7.05. The van der Waals surface area contributed by atoms with Crippen molar-refractivity contribution in [3.63, 3.8) is 0 Å². The number of piperidine rings is 1. The Bertz CT molecular complexity index is 451. The highest BCUT2D eigenvalue weighted by Gasteiger charge is 2.29. The summed E-state index contributed by atoms with van der Waals surface area (Å²) in [6.45, 7) is 4.47. The summed E-state index contributed by atoms with van der Waals surface area (Å²) in [6.07, 6.45) is 4.02. The van der Waals surface area contributed by atoms with Gasteiger partial charge < -0.3 is 15.7 Å². The van der Waals surface area contributed by atoms with Crippen LogP contribution in [0, 0.1) is 5.92 Å². The van der Waals surface area contributed by atoms with Gasteiger partial charge in [-0.1, -0.05) is 30.3 Å². The van der Waals surface area contributed by atoms with Crippen molar-refractivity contribution in [1.29, 1.82) is 0 Å². The van der Waals surface area contributed by atoms with Crippen LogP contribution in [-0.2, 0) is 11.2 Å². The van der Waals surface area contributed by atoms with Gasteiger partial charge in [-0.3, -0.25) is 4.79 Å². The Morgan fingerprint density at radius 2 is 1.95 bits per heavy atom. The van der Waals surface area contributed by atoms with Gasteiger partial charge in [0.2, 0.25) is 0 Å². The first kappa shape index (κ1) is 16.0. The van der Waals surface area contributed by atoms with E-state index in [1.54, 1.807) is 6.92 Å². The van der Waals surface area contributed by atoms with E-state index in [0.717, 1.165) is 32.0 Å². The van der Waals surface area contributed by atoms with Crippen LogP contribution in [0.2, 0.25) is 0 Å². The quantitative estimate of drug-likeness (QED) is 0.842. The Kier molecular flexibility index (Phi) is 5.37. The van der Waals surface area contributed by atoms with Gasteiger partial charge in [0.15, 0.2) is 0 Å². The number of likely N-dealkylation sites (tertiary alicyclic amines) is 1. The summed E-state index contributed by atoms with van der Waals surface area (Å²) in [5.41, 5.74) is 6.08. The summed E-state index contributed by atoms with van der Waals surface area (Å²) in [5.74, 6) is -0.172. The molecule has 0 amide bonds. The first-order valence-corrected chi connectivity index (χ1v) is 7.76. The van der Waals surface area contributed by atoms with Gasteiger partial charge in [-0.25, -0.2) is 0 Å². The monoisotopic (exact) mass is 290 g/mol. The summed E-state index contributed by atoms with van der Waals surface area (Å²) < 4.78 is 0. The zero-order valence-electron chi connectivity index (χ0n) is 12.8. The molecule has 1 aliphatic heterocycles. The van der Waals surface area contributed by atoms with E-state index in [0.29, 0.717) is 6.42 Å². The molecule has 1 atom stereocenters. The van der Waals surface area contributed by atoms with Crippen LogP contribution in [-0.4, -0.2) is 41.1 Å². The van der Waals surface area contributed by atoms with Gasteiger partial charge in [-0.05, 0) is 57.2 Å². The molecule has 21 heavy (non-hydrogen) atoms. The molecule has 0 radical (unpaired) electrons. The fourth-order valence-corrected chi connectivity index (χ4v) is 2.86. The maximum absolute atomic E-state index is 11.0. The molecule has 116 valence electrons. The molecule has 0 aliphatic carbocycles. The number of carboxylic acids is 1. The summed E-state index contributed by atoms with van der Waals surface area (Å²) in [4.78, 5) is 13.3. The first-order chi connectivity index (χ1) is 9.97. The fourth-order valence-electron chi connectivity index (χ4n) is 2.86. The molecule has 0 saturated carbocycles.